The number of thiazole rings is 1. The second-order valence-electron chi connectivity index (χ2n) is 4.43. The van der Waals surface area contributed by atoms with Crippen LogP contribution in [0.1, 0.15) is 23.2 Å². The van der Waals surface area contributed by atoms with Gasteiger partial charge in [-0.05, 0) is 25.5 Å². The monoisotopic (exact) mass is 266 g/mol. The van der Waals surface area contributed by atoms with Crippen LogP contribution in [-0.4, -0.2) is 4.98 Å². The quantitative estimate of drug-likeness (QED) is 0.923. The molecule has 0 saturated heterocycles. The lowest BCUT2D eigenvalue weighted by Gasteiger charge is -2.25. The number of benzene rings is 1. The second kappa shape index (κ2) is 4.77. The van der Waals surface area contributed by atoms with Crippen molar-refractivity contribution in [3.63, 3.8) is 0 Å². The van der Waals surface area contributed by atoms with Crippen LogP contribution in [-0.2, 0) is 12.0 Å². The molecule has 2 rings (SSSR count). The summed E-state index contributed by atoms with van der Waals surface area (Å²) in [4.78, 5) is 4.45. The predicted molar refractivity (Wildman–Crippen MR) is 73.5 cm³/mol. The third-order valence-electron chi connectivity index (χ3n) is 2.70. The third-order valence-corrected chi connectivity index (χ3v) is 3.86. The van der Waals surface area contributed by atoms with E-state index >= 15 is 0 Å². The van der Waals surface area contributed by atoms with Crippen LogP contribution in [0.5, 0.6) is 0 Å². The Balaban J connectivity index is 2.27. The number of hydrogen-bond acceptors (Lipinski definition) is 3. The molecule has 0 bridgehead atoms. The lowest BCUT2D eigenvalue weighted by molar-refractivity contribution is 0.486. The Morgan fingerprint density at radius 3 is 2.71 bits per heavy atom. The van der Waals surface area contributed by atoms with E-state index in [1.54, 1.807) is 11.3 Å². The average molecular weight is 267 g/mol. The topological polar surface area (TPSA) is 38.9 Å². The Labute approximate surface area is 110 Å². The standard InChI is InChI=1S/C13H15ClN2S/c1-9-16-10(8-17-9)7-13(2,15)11-5-3-4-6-12(11)14/h3-6,8H,7,15H2,1-2H3. The Morgan fingerprint density at radius 1 is 1.41 bits per heavy atom. The SMILES string of the molecule is Cc1nc(CC(C)(N)c2ccccc2Cl)cs1. The summed E-state index contributed by atoms with van der Waals surface area (Å²) in [7, 11) is 0. The summed E-state index contributed by atoms with van der Waals surface area (Å²) < 4.78 is 0. The molecule has 17 heavy (non-hydrogen) atoms. The Bertz CT molecular complexity index is 520. The van der Waals surface area contributed by atoms with Crippen LogP contribution < -0.4 is 5.73 Å². The van der Waals surface area contributed by atoms with Crippen molar-refractivity contribution in [1.29, 1.82) is 0 Å². The van der Waals surface area contributed by atoms with Crippen LogP contribution in [0.2, 0.25) is 5.02 Å². The predicted octanol–water partition coefficient (Wildman–Crippen LogP) is 3.52. The molecule has 0 spiro atoms. The summed E-state index contributed by atoms with van der Waals surface area (Å²) in [6.07, 6.45) is 0.696. The van der Waals surface area contributed by atoms with Gasteiger partial charge in [0.05, 0.1) is 10.7 Å². The van der Waals surface area contributed by atoms with Crippen molar-refractivity contribution in [2.75, 3.05) is 0 Å². The van der Waals surface area contributed by atoms with Gasteiger partial charge in [-0.1, -0.05) is 29.8 Å². The molecule has 90 valence electrons. The van der Waals surface area contributed by atoms with E-state index in [1.165, 1.54) is 0 Å². The van der Waals surface area contributed by atoms with E-state index in [4.69, 9.17) is 17.3 Å². The molecule has 0 saturated carbocycles. The number of nitrogens with zero attached hydrogens (tertiary/aromatic N) is 1. The van der Waals surface area contributed by atoms with Gasteiger partial charge in [0.15, 0.2) is 0 Å². The molecule has 0 aliphatic heterocycles. The minimum absolute atomic E-state index is 0.487. The molecule has 0 fully saturated rings. The zero-order valence-electron chi connectivity index (χ0n) is 9.90. The summed E-state index contributed by atoms with van der Waals surface area (Å²) in [6, 6.07) is 7.71. The van der Waals surface area contributed by atoms with Crippen molar-refractivity contribution in [2.45, 2.75) is 25.8 Å². The molecule has 0 radical (unpaired) electrons. The zero-order valence-corrected chi connectivity index (χ0v) is 11.5. The molecule has 0 aliphatic rings. The first-order valence-corrected chi connectivity index (χ1v) is 6.70. The van der Waals surface area contributed by atoms with E-state index in [1.807, 2.05) is 38.1 Å². The van der Waals surface area contributed by atoms with Crippen LogP contribution in [0.3, 0.4) is 0 Å². The van der Waals surface area contributed by atoms with Crippen molar-refractivity contribution in [3.8, 4) is 0 Å². The van der Waals surface area contributed by atoms with Gasteiger partial charge in [-0.15, -0.1) is 11.3 Å². The molecule has 2 N–H and O–H groups in total. The van der Waals surface area contributed by atoms with Crippen molar-refractivity contribution >= 4 is 22.9 Å². The fourth-order valence-corrected chi connectivity index (χ4v) is 2.85. The van der Waals surface area contributed by atoms with Crippen LogP contribution in [0.4, 0.5) is 0 Å². The minimum Gasteiger partial charge on any atom is -0.321 e. The Hall–Kier alpha value is -0.900. The molecule has 1 unspecified atom stereocenters. The highest BCUT2D eigenvalue weighted by Crippen LogP contribution is 2.29. The van der Waals surface area contributed by atoms with Crippen molar-refractivity contribution in [2.24, 2.45) is 5.73 Å². The van der Waals surface area contributed by atoms with E-state index < -0.39 is 5.54 Å². The average Bonchev–Trinajstić information content (AvgIpc) is 2.63. The van der Waals surface area contributed by atoms with Crippen molar-refractivity contribution in [3.05, 3.63) is 50.9 Å². The number of hydrogen-bond donors (Lipinski definition) is 1. The number of rotatable bonds is 3. The minimum atomic E-state index is -0.487. The normalized spacial score (nSPS) is 14.6. The maximum atomic E-state index is 6.36. The maximum absolute atomic E-state index is 6.36. The lowest BCUT2D eigenvalue weighted by Crippen LogP contribution is -2.35. The molecule has 0 aliphatic carbocycles. The first kappa shape index (κ1) is 12.6. The van der Waals surface area contributed by atoms with Gasteiger partial charge in [0.25, 0.3) is 0 Å². The summed E-state index contributed by atoms with van der Waals surface area (Å²) >= 11 is 7.83. The van der Waals surface area contributed by atoms with E-state index in [9.17, 15) is 0 Å². The molecule has 2 nitrogen and oxygen atoms in total. The van der Waals surface area contributed by atoms with Crippen LogP contribution in [0.15, 0.2) is 29.6 Å². The largest absolute Gasteiger partial charge is 0.321 e. The van der Waals surface area contributed by atoms with Gasteiger partial charge >= 0.3 is 0 Å². The molecule has 2 aromatic rings. The molecule has 1 heterocycles. The highest BCUT2D eigenvalue weighted by molar-refractivity contribution is 7.09. The van der Waals surface area contributed by atoms with Gasteiger partial charge < -0.3 is 5.73 Å². The smallest absolute Gasteiger partial charge is 0.0897 e. The molecule has 1 aromatic heterocycles. The Morgan fingerprint density at radius 2 is 2.12 bits per heavy atom. The highest BCUT2D eigenvalue weighted by Gasteiger charge is 2.25. The fourth-order valence-electron chi connectivity index (χ4n) is 1.89. The Kier molecular flexibility index (Phi) is 3.52. The van der Waals surface area contributed by atoms with Crippen molar-refractivity contribution in [1.82, 2.24) is 4.98 Å². The number of halogens is 1. The van der Waals surface area contributed by atoms with Crippen LogP contribution >= 0.6 is 22.9 Å². The van der Waals surface area contributed by atoms with E-state index in [0.29, 0.717) is 11.4 Å². The summed E-state index contributed by atoms with van der Waals surface area (Å²) in [5, 5.41) is 3.83. The summed E-state index contributed by atoms with van der Waals surface area (Å²) in [6.45, 7) is 3.99. The molecular weight excluding hydrogens is 252 g/mol. The van der Waals surface area contributed by atoms with Gasteiger partial charge in [-0.3, -0.25) is 0 Å². The van der Waals surface area contributed by atoms with Crippen LogP contribution in [0, 0.1) is 6.92 Å². The number of aryl methyl sites for hydroxylation is 1. The third kappa shape index (κ3) is 2.86. The molecule has 1 atom stereocenters. The van der Waals surface area contributed by atoms with Gasteiger partial charge in [-0.2, -0.15) is 0 Å². The number of aromatic nitrogens is 1. The number of nitrogens with two attached hydrogens (primary N) is 1. The molecule has 1 aromatic carbocycles. The van der Waals surface area contributed by atoms with E-state index in [-0.39, 0.29) is 0 Å². The van der Waals surface area contributed by atoms with Gasteiger partial charge in [0.1, 0.15) is 0 Å². The first-order chi connectivity index (χ1) is 7.99. The van der Waals surface area contributed by atoms with E-state index in [0.717, 1.165) is 16.3 Å². The fraction of sp³-hybridized carbons (Fsp3) is 0.308. The van der Waals surface area contributed by atoms with Gasteiger partial charge in [0.2, 0.25) is 0 Å². The van der Waals surface area contributed by atoms with Gasteiger partial charge in [0, 0.05) is 22.4 Å². The van der Waals surface area contributed by atoms with Crippen LogP contribution in [0.25, 0.3) is 0 Å². The molecule has 4 heteroatoms. The maximum Gasteiger partial charge on any atom is 0.0897 e. The lowest BCUT2D eigenvalue weighted by atomic mass is 9.89. The van der Waals surface area contributed by atoms with Crippen molar-refractivity contribution < 1.29 is 0 Å². The summed E-state index contributed by atoms with van der Waals surface area (Å²) in [5.74, 6) is 0. The van der Waals surface area contributed by atoms with Gasteiger partial charge in [-0.25, -0.2) is 4.98 Å². The second-order valence-corrected chi connectivity index (χ2v) is 5.90. The summed E-state index contributed by atoms with van der Waals surface area (Å²) in [5.41, 5.74) is 7.86. The zero-order chi connectivity index (χ0) is 12.5. The van der Waals surface area contributed by atoms with E-state index in [2.05, 4.69) is 10.4 Å². The molecule has 0 amide bonds. The first-order valence-electron chi connectivity index (χ1n) is 5.44. The molecular formula is C13H15ClN2S. The highest BCUT2D eigenvalue weighted by atomic mass is 35.5.